The first kappa shape index (κ1) is 15.7. The molecule has 0 spiro atoms. The molecule has 94 valence electrons. The molecule has 0 N–H and O–H groups in total. The molecule has 0 saturated heterocycles. The molecule has 0 aromatic rings. The predicted molar refractivity (Wildman–Crippen MR) is 72.7 cm³/mol. The third-order valence-corrected chi connectivity index (χ3v) is 2.64. The van der Waals surface area contributed by atoms with Crippen molar-refractivity contribution in [1.29, 1.82) is 0 Å². The molecular formula is C13H17BrO3. The molecule has 0 aliphatic carbocycles. The monoisotopic (exact) mass is 300 g/mol. The number of halogens is 1. The molecule has 0 aromatic carbocycles. The van der Waals surface area contributed by atoms with Gasteiger partial charge in [-0.05, 0) is 25.5 Å². The summed E-state index contributed by atoms with van der Waals surface area (Å²) in [5.74, 6) is -0.461. The topological polar surface area (TPSA) is 35.5 Å². The van der Waals surface area contributed by atoms with Crippen molar-refractivity contribution in [2.75, 3.05) is 14.2 Å². The number of esters is 1. The minimum absolute atomic E-state index is 0.335. The van der Waals surface area contributed by atoms with Crippen LogP contribution in [-0.2, 0) is 14.3 Å². The summed E-state index contributed by atoms with van der Waals surface area (Å²) in [6.07, 6.45) is 5.01. The van der Waals surface area contributed by atoms with Crippen LogP contribution in [0.4, 0.5) is 0 Å². The van der Waals surface area contributed by atoms with Gasteiger partial charge in [-0.25, -0.2) is 4.79 Å². The minimum Gasteiger partial charge on any atom is -0.503 e. The Bertz CT molecular complexity index is 389. The zero-order valence-corrected chi connectivity index (χ0v) is 12.1. The highest BCUT2D eigenvalue weighted by atomic mass is 79.9. The van der Waals surface area contributed by atoms with Crippen molar-refractivity contribution in [2.24, 2.45) is 0 Å². The summed E-state index contributed by atoms with van der Waals surface area (Å²) in [5, 5.41) is 0. The quantitative estimate of drug-likeness (QED) is 0.337. The third-order valence-electron chi connectivity index (χ3n) is 1.95. The largest absolute Gasteiger partial charge is 0.503 e. The molecule has 0 rings (SSSR count). The van der Waals surface area contributed by atoms with Crippen molar-refractivity contribution in [1.82, 2.24) is 0 Å². The van der Waals surface area contributed by atoms with Crippen LogP contribution in [0.15, 0.2) is 46.2 Å². The van der Waals surface area contributed by atoms with E-state index >= 15 is 0 Å². The van der Waals surface area contributed by atoms with Crippen LogP contribution in [0.3, 0.4) is 0 Å². The van der Waals surface area contributed by atoms with Gasteiger partial charge in [-0.15, -0.1) is 0 Å². The number of carbonyl (C=O) groups is 1. The molecule has 0 saturated carbocycles. The Balaban J connectivity index is 5.58. The first-order chi connectivity index (χ1) is 7.97. The molecule has 0 amide bonds. The fourth-order valence-corrected chi connectivity index (χ4v) is 1.33. The van der Waals surface area contributed by atoms with Crippen molar-refractivity contribution >= 4 is 21.9 Å². The summed E-state index contributed by atoms with van der Waals surface area (Å²) in [6.45, 7) is 7.54. The average Bonchev–Trinajstić information content (AvgIpc) is 2.31. The van der Waals surface area contributed by atoms with Crippen LogP contribution >= 0.6 is 15.9 Å². The van der Waals surface area contributed by atoms with E-state index in [0.29, 0.717) is 11.1 Å². The van der Waals surface area contributed by atoms with E-state index in [9.17, 15) is 4.79 Å². The molecule has 0 radical (unpaired) electrons. The average molecular weight is 301 g/mol. The maximum atomic E-state index is 11.6. The maximum Gasteiger partial charge on any atom is 0.341 e. The maximum absolute atomic E-state index is 11.6. The Hall–Kier alpha value is -1.29. The molecule has 0 unspecified atom stereocenters. The van der Waals surface area contributed by atoms with E-state index in [4.69, 9.17) is 9.47 Å². The van der Waals surface area contributed by atoms with Gasteiger partial charge in [0.1, 0.15) is 5.57 Å². The normalized spacial score (nSPS) is 13.4. The summed E-state index contributed by atoms with van der Waals surface area (Å²) in [5.41, 5.74) is 1.75. The van der Waals surface area contributed by atoms with Gasteiger partial charge in [0.2, 0.25) is 0 Å². The molecule has 4 heteroatoms. The van der Waals surface area contributed by atoms with Gasteiger partial charge in [0.15, 0.2) is 0 Å². The van der Waals surface area contributed by atoms with Crippen LogP contribution in [0.2, 0.25) is 0 Å². The lowest BCUT2D eigenvalue weighted by Crippen LogP contribution is -2.08. The molecule has 3 nitrogen and oxygen atoms in total. The standard InChI is InChI=1S/C13H17BrO3/c1-6-10(14)7-11(9(2)3)12(8-16-4)13(15)17-5/h6-8H,2H2,1,3-5H3/b10-6+,11-7+,12-8+. The molecule has 0 aliphatic heterocycles. The Labute approximate surface area is 111 Å². The molecule has 0 aliphatic rings. The van der Waals surface area contributed by atoms with Crippen LogP contribution in [0, 0.1) is 0 Å². The second-order valence-electron chi connectivity index (χ2n) is 3.27. The van der Waals surface area contributed by atoms with E-state index in [2.05, 4.69) is 22.5 Å². The van der Waals surface area contributed by atoms with E-state index in [1.165, 1.54) is 20.5 Å². The van der Waals surface area contributed by atoms with Crippen molar-refractivity contribution in [2.45, 2.75) is 13.8 Å². The Morgan fingerprint density at radius 2 is 1.88 bits per heavy atom. The molecule has 17 heavy (non-hydrogen) atoms. The number of hydrogen-bond acceptors (Lipinski definition) is 3. The second kappa shape index (κ2) is 7.90. The summed E-state index contributed by atoms with van der Waals surface area (Å²) in [7, 11) is 2.80. The van der Waals surface area contributed by atoms with E-state index in [0.717, 1.165) is 10.1 Å². The summed E-state index contributed by atoms with van der Waals surface area (Å²) in [4.78, 5) is 11.6. The van der Waals surface area contributed by atoms with Crippen molar-refractivity contribution in [3.05, 3.63) is 46.2 Å². The second-order valence-corrected chi connectivity index (χ2v) is 4.19. The smallest absolute Gasteiger partial charge is 0.341 e. The lowest BCUT2D eigenvalue weighted by Gasteiger charge is -2.10. The SMILES string of the molecule is C=C(C)C(=C\C(Br)=C/C)/C(=C\OC)C(=O)OC. The number of ether oxygens (including phenoxy) is 2. The fraction of sp³-hybridized carbons (Fsp3) is 0.308. The lowest BCUT2D eigenvalue weighted by molar-refractivity contribution is -0.135. The Kier molecular flexibility index (Phi) is 7.30. The number of carbonyl (C=O) groups excluding carboxylic acids is 1. The van der Waals surface area contributed by atoms with Crippen LogP contribution in [0.5, 0.6) is 0 Å². The molecule has 0 bridgehead atoms. The molecule has 0 aromatic heterocycles. The zero-order chi connectivity index (χ0) is 13.4. The van der Waals surface area contributed by atoms with Crippen molar-refractivity contribution in [3.8, 4) is 0 Å². The van der Waals surface area contributed by atoms with Crippen LogP contribution in [0.25, 0.3) is 0 Å². The highest BCUT2D eigenvalue weighted by Crippen LogP contribution is 2.23. The molecule has 0 fully saturated rings. The summed E-state index contributed by atoms with van der Waals surface area (Å²) in [6, 6.07) is 0. The zero-order valence-electron chi connectivity index (χ0n) is 10.5. The predicted octanol–water partition coefficient (Wildman–Crippen LogP) is 3.49. The summed E-state index contributed by atoms with van der Waals surface area (Å²) >= 11 is 3.36. The van der Waals surface area contributed by atoms with E-state index in [-0.39, 0.29) is 0 Å². The van der Waals surface area contributed by atoms with Gasteiger partial charge in [-0.3, -0.25) is 0 Å². The third kappa shape index (κ3) is 5.04. The van der Waals surface area contributed by atoms with Gasteiger partial charge in [-0.1, -0.05) is 34.2 Å². The van der Waals surface area contributed by atoms with Gasteiger partial charge in [0.05, 0.1) is 20.5 Å². The van der Waals surface area contributed by atoms with Crippen LogP contribution in [0.1, 0.15) is 13.8 Å². The van der Waals surface area contributed by atoms with E-state index in [1.807, 2.05) is 19.9 Å². The summed E-state index contributed by atoms with van der Waals surface area (Å²) < 4.78 is 10.4. The molecule has 0 heterocycles. The van der Waals surface area contributed by atoms with Gasteiger partial charge >= 0.3 is 5.97 Å². The Morgan fingerprint density at radius 1 is 1.29 bits per heavy atom. The van der Waals surface area contributed by atoms with Crippen LogP contribution in [-0.4, -0.2) is 20.2 Å². The van der Waals surface area contributed by atoms with Crippen molar-refractivity contribution < 1.29 is 14.3 Å². The van der Waals surface area contributed by atoms with Crippen molar-refractivity contribution in [3.63, 3.8) is 0 Å². The minimum atomic E-state index is -0.461. The fourth-order valence-electron chi connectivity index (χ4n) is 1.10. The lowest BCUT2D eigenvalue weighted by atomic mass is 10.0. The van der Waals surface area contributed by atoms with Gasteiger partial charge in [0.25, 0.3) is 0 Å². The van der Waals surface area contributed by atoms with Gasteiger partial charge in [0, 0.05) is 4.48 Å². The first-order valence-electron chi connectivity index (χ1n) is 4.99. The molecule has 0 atom stereocenters. The Morgan fingerprint density at radius 3 is 2.24 bits per heavy atom. The number of hydrogen-bond donors (Lipinski definition) is 0. The highest BCUT2D eigenvalue weighted by molar-refractivity contribution is 9.11. The van der Waals surface area contributed by atoms with E-state index < -0.39 is 5.97 Å². The van der Waals surface area contributed by atoms with Gasteiger partial charge in [-0.2, -0.15) is 0 Å². The highest BCUT2D eigenvalue weighted by Gasteiger charge is 2.16. The number of allylic oxidation sites excluding steroid dienone is 4. The molecular weight excluding hydrogens is 284 g/mol. The van der Waals surface area contributed by atoms with E-state index in [1.54, 1.807) is 6.08 Å². The van der Waals surface area contributed by atoms with Crippen LogP contribution < -0.4 is 0 Å². The first-order valence-corrected chi connectivity index (χ1v) is 5.78. The number of methoxy groups -OCH3 is 2. The van der Waals surface area contributed by atoms with Gasteiger partial charge < -0.3 is 9.47 Å². The number of rotatable bonds is 5.